The summed E-state index contributed by atoms with van der Waals surface area (Å²) in [4.78, 5) is 18.9. The van der Waals surface area contributed by atoms with E-state index in [2.05, 4.69) is 20.0 Å². The fourth-order valence-corrected chi connectivity index (χ4v) is 3.51. The van der Waals surface area contributed by atoms with Crippen molar-refractivity contribution in [2.24, 2.45) is 7.05 Å². The first kappa shape index (κ1) is 17.5. The minimum atomic E-state index is 0.0657. The molecule has 1 saturated heterocycles. The van der Waals surface area contributed by atoms with Gasteiger partial charge >= 0.3 is 6.03 Å². The second kappa shape index (κ2) is 8.18. The van der Waals surface area contributed by atoms with Crippen molar-refractivity contribution in [1.29, 1.82) is 0 Å². The lowest BCUT2D eigenvalue weighted by molar-refractivity contribution is 0.144. The van der Waals surface area contributed by atoms with E-state index in [-0.39, 0.29) is 6.03 Å². The zero-order chi connectivity index (χ0) is 17.6. The first-order valence-electron chi connectivity index (χ1n) is 9.13. The highest BCUT2D eigenvalue weighted by atomic mass is 16.2. The summed E-state index contributed by atoms with van der Waals surface area (Å²) in [6.07, 6.45) is 12.9. The number of aromatic nitrogens is 4. The number of piperidine rings is 1. The predicted octanol–water partition coefficient (Wildman–Crippen LogP) is 2.12. The van der Waals surface area contributed by atoms with E-state index in [0.717, 1.165) is 50.2 Å². The number of rotatable bonds is 6. The van der Waals surface area contributed by atoms with Crippen molar-refractivity contribution < 1.29 is 4.79 Å². The van der Waals surface area contributed by atoms with Gasteiger partial charge < -0.3 is 14.8 Å². The lowest BCUT2D eigenvalue weighted by Crippen LogP contribution is -2.49. The number of urea groups is 1. The molecule has 0 aliphatic carbocycles. The summed E-state index contributed by atoms with van der Waals surface area (Å²) in [5.41, 5.74) is 1.15. The Bertz CT molecular complexity index is 691. The van der Waals surface area contributed by atoms with Crippen LogP contribution in [0.3, 0.4) is 0 Å². The second-order valence-corrected chi connectivity index (χ2v) is 6.80. The molecular weight excluding hydrogens is 316 g/mol. The van der Waals surface area contributed by atoms with Crippen molar-refractivity contribution in [3.05, 3.63) is 36.2 Å². The standard InChI is InChI=1S/C18H28N6O/c1-15-19-9-12-23(15)11-7-17-5-3-4-10-24(17)18(25)20-8-6-16-13-21-22(2)14-16/h9,12-14,17H,3-8,10-11H2,1-2H3,(H,20,25)/t17-/m1/s1. The molecule has 1 aliphatic heterocycles. The molecule has 3 rings (SSSR count). The quantitative estimate of drug-likeness (QED) is 0.873. The Labute approximate surface area is 149 Å². The maximum absolute atomic E-state index is 12.6. The van der Waals surface area contributed by atoms with Gasteiger partial charge in [0.1, 0.15) is 5.82 Å². The van der Waals surface area contributed by atoms with Crippen LogP contribution in [0.2, 0.25) is 0 Å². The molecule has 0 spiro atoms. The van der Waals surface area contributed by atoms with Gasteiger partial charge in [0.25, 0.3) is 0 Å². The third-order valence-electron chi connectivity index (χ3n) is 4.96. The van der Waals surface area contributed by atoms with E-state index in [1.165, 1.54) is 6.42 Å². The van der Waals surface area contributed by atoms with E-state index >= 15 is 0 Å². The topological polar surface area (TPSA) is 68.0 Å². The highest BCUT2D eigenvalue weighted by Crippen LogP contribution is 2.20. The van der Waals surface area contributed by atoms with Crippen molar-refractivity contribution in [3.8, 4) is 0 Å². The molecule has 0 aromatic carbocycles. The molecule has 0 radical (unpaired) electrons. The van der Waals surface area contributed by atoms with Crippen LogP contribution in [0.25, 0.3) is 0 Å². The van der Waals surface area contributed by atoms with Crippen LogP contribution in [0.15, 0.2) is 24.8 Å². The number of aryl methyl sites for hydroxylation is 3. The van der Waals surface area contributed by atoms with Gasteiger partial charge in [0, 0.05) is 51.3 Å². The molecule has 136 valence electrons. The van der Waals surface area contributed by atoms with Crippen LogP contribution in [-0.4, -0.2) is 49.4 Å². The Morgan fingerprint density at radius 2 is 2.28 bits per heavy atom. The molecule has 7 heteroatoms. The second-order valence-electron chi connectivity index (χ2n) is 6.80. The van der Waals surface area contributed by atoms with Gasteiger partial charge in [-0.2, -0.15) is 5.10 Å². The van der Waals surface area contributed by atoms with Gasteiger partial charge in [-0.15, -0.1) is 0 Å². The van der Waals surface area contributed by atoms with Gasteiger partial charge in [-0.05, 0) is 44.6 Å². The molecule has 1 aliphatic rings. The predicted molar refractivity (Wildman–Crippen MR) is 96.2 cm³/mol. The maximum atomic E-state index is 12.6. The van der Waals surface area contributed by atoms with Gasteiger partial charge in [0.05, 0.1) is 6.20 Å². The monoisotopic (exact) mass is 344 g/mol. The van der Waals surface area contributed by atoms with Gasteiger partial charge in [-0.25, -0.2) is 9.78 Å². The number of nitrogens with one attached hydrogen (secondary N) is 1. The van der Waals surface area contributed by atoms with Crippen LogP contribution in [0, 0.1) is 6.92 Å². The van der Waals surface area contributed by atoms with E-state index in [1.807, 2.05) is 43.7 Å². The summed E-state index contributed by atoms with van der Waals surface area (Å²) in [7, 11) is 1.91. The van der Waals surface area contributed by atoms with E-state index in [4.69, 9.17) is 0 Å². The molecule has 2 aromatic heterocycles. The highest BCUT2D eigenvalue weighted by Gasteiger charge is 2.26. The summed E-state index contributed by atoms with van der Waals surface area (Å²) in [5, 5.41) is 7.23. The maximum Gasteiger partial charge on any atom is 0.317 e. The Morgan fingerprint density at radius 1 is 1.40 bits per heavy atom. The number of likely N-dealkylation sites (tertiary alicyclic amines) is 1. The average Bonchev–Trinajstić information content (AvgIpc) is 3.21. The average molecular weight is 344 g/mol. The number of carbonyl (C=O) groups is 1. The third-order valence-corrected chi connectivity index (χ3v) is 4.96. The zero-order valence-electron chi connectivity index (χ0n) is 15.2. The molecule has 7 nitrogen and oxygen atoms in total. The first-order chi connectivity index (χ1) is 12.1. The normalized spacial score (nSPS) is 17.7. The number of hydrogen-bond acceptors (Lipinski definition) is 3. The van der Waals surface area contributed by atoms with Crippen LogP contribution in [0.5, 0.6) is 0 Å². The fraction of sp³-hybridized carbons (Fsp3) is 0.611. The molecule has 2 amide bonds. The molecule has 0 unspecified atom stereocenters. The molecule has 25 heavy (non-hydrogen) atoms. The summed E-state index contributed by atoms with van der Waals surface area (Å²) in [5.74, 6) is 1.03. The van der Waals surface area contributed by atoms with Gasteiger partial charge in [0.15, 0.2) is 0 Å². The molecule has 1 fully saturated rings. The van der Waals surface area contributed by atoms with Gasteiger partial charge in [-0.1, -0.05) is 0 Å². The zero-order valence-corrected chi connectivity index (χ0v) is 15.2. The molecular formula is C18H28N6O. The van der Waals surface area contributed by atoms with Crippen LogP contribution in [-0.2, 0) is 20.0 Å². The Hall–Kier alpha value is -2.31. The number of hydrogen-bond donors (Lipinski definition) is 1. The summed E-state index contributed by atoms with van der Waals surface area (Å²) >= 11 is 0. The van der Waals surface area contributed by atoms with Crippen molar-refractivity contribution in [3.63, 3.8) is 0 Å². The van der Waals surface area contributed by atoms with Crippen LogP contribution < -0.4 is 5.32 Å². The van der Waals surface area contributed by atoms with Crippen molar-refractivity contribution in [2.45, 2.75) is 51.6 Å². The number of amides is 2. The Kier molecular flexibility index (Phi) is 5.73. The number of carbonyl (C=O) groups excluding carboxylic acids is 1. The van der Waals surface area contributed by atoms with Crippen molar-refractivity contribution >= 4 is 6.03 Å². The van der Waals surface area contributed by atoms with Gasteiger partial charge in [-0.3, -0.25) is 4.68 Å². The lowest BCUT2D eigenvalue weighted by atomic mass is 9.99. The molecule has 0 bridgehead atoms. The van der Waals surface area contributed by atoms with Crippen LogP contribution >= 0.6 is 0 Å². The van der Waals surface area contributed by atoms with Gasteiger partial charge in [0.2, 0.25) is 0 Å². The summed E-state index contributed by atoms with van der Waals surface area (Å²) in [6.45, 7) is 4.43. The molecule has 1 N–H and O–H groups in total. The van der Waals surface area contributed by atoms with E-state index < -0.39 is 0 Å². The first-order valence-corrected chi connectivity index (χ1v) is 9.13. The summed E-state index contributed by atoms with van der Waals surface area (Å²) in [6, 6.07) is 0.380. The van der Waals surface area contributed by atoms with E-state index in [1.54, 1.807) is 4.68 Å². The third kappa shape index (κ3) is 4.61. The lowest BCUT2D eigenvalue weighted by Gasteiger charge is -2.36. The molecule has 2 aromatic rings. The Balaban J connectivity index is 1.49. The van der Waals surface area contributed by atoms with Crippen molar-refractivity contribution in [2.75, 3.05) is 13.1 Å². The molecule has 1 atom stereocenters. The number of imidazole rings is 1. The molecule has 0 saturated carbocycles. The van der Waals surface area contributed by atoms with Crippen molar-refractivity contribution in [1.82, 2.24) is 29.5 Å². The van der Waals surface area contributed by atoms with Crippen LogP contribution in [0.1, 0.15) is 37.1 Å². The SMILES string of the molecule is Cc1nccn1CC[C@H]1CCCCN1C(=O)NCCc1cnn(C)c1. The minimum Gasteiger partial charge on any atom is -0.338 e. The molecule has 3 heterocycles. The fourth-order valence-electron chi connectivity index (χ4n) is 3.51. The smallest absolute Gasteiger partial charge is 0.317 e. The largest absolute Gasteiger partial charge is 0.338 e. The van der Waals surface area contributed by atoms with Crippen LogP contribution in [0.4, 0.5) is 4.79 Å². The minimum absolute atomic E-state index is 0.0657. The Morgan fingerprint density at radius 3 is 3.00 bits per heavy atom. The number of nitrogens with zero attached hydrogens (tertiary/aromatic N) is 5. The van der Waals surface area contributed by atoms with E-state index in [9.17, 15) is 4.79 Å². The highest BCUT2D eigenvalue weighted by molar-refractivity contribution is 5.74. The van der Waals surface area contributed by atoms with E-state index in [0.29, 0.717) is 12.6 Å². The summed E-state index contributed by atoms with van der Waals surface area (Å²) < 4.78 is 3.95.